The normalized spacial score (nSPS) is 19.8. The number of allylic oxidation sites excluding steroid dienone is 1. The quantitative estimate of drug-likeness (QED) is 0.638. The van der Waals surface area contributed by atoms with Crippen LogP contribution in [0.2, 0.25) is 0 Å². The fraction of sp³-hybridized carbons (Fsp3) is 0.450. The van der Waals surface area contributed by atoms with Crippen molar-refractivity contribution in [2.45, 2.75) is 45.8 Å². The number of aromatic nitrogens is 4. The monoisotopic (exact) mass is 411 g/mol. The minimum atomic E-state index is -0.888. The molecule has 2 atom stereocenters. The Balaban J connectivity index is 1.68. The molecule has 30 heavy (non-hydrogen) atoms. The minimum absolute atomic E-state index is 0.0791. The first-order valence-electron chi connectivity index (χ1n) is 9.65. The number of carbonyl (C=O) groups is 1. The van der Waals surface area contributed by atoms with Crippen LogP contribution in [0.3, 0.4) is 0 Å². The number of anilines is 1. The number of nitrogens with zero attached hydrogens (tertiary/aromatic N) is 5. The van der Waals surface area contributed by atoms with Gasteiger partial charge >= 0.3 is 6.09 Å². The maximum absolute atomic E-state index is 11.6. The highest BCUT2D eigenvalue weighted by atomic mass is 16.5. The van der Waals surface area contributed by atoms with E-state index in [4.69, 9.17) is 4.74 Å². The summed E-state index contributed by atoms with van der Waals surface area (Å²) >= 11 is 0. The van der Waals surface area contributed by atoms with Crippen LogP contribution in [-0.4, -0.2) is 55.4 Å². The number of amides is 1. The summed E-state index contributed by atoms with van der Waals surface area (Å²) in [4.78, 5) is 13.1. The van der Waals surface area contributed by atoms with Gasteiger partial charge in [0.1, 0.15) is 23.5 Å². The number of piperidine rings is 1. The molecule has 1 saturated heterocycles. The summed E-state index contributed by atoms with van der Waals surface area (Å²) in [5.41, 5.74) is 0.792. The number of hydrogen-bond donors (Lipinski definition) is 3. The van der Waals surface area contributed by atoms with Crippen molar-refractivity contribution in [1.29, 1.82) is 5.26 Å². The van der Waals surface area contributed by atoms with Crippen LogP contribution in [0.5, 0.6) is 5.75 Å². The molecule has 1 fully saturated rings. The molecule has 1 aliphatic rings. The third-order valence-electron chi connectivity index (χ3n) is 5.03. The van der Waals surface area contributed by atoms with E-state index < -0.39 is 6.09 Å². The number of nitrogens with one attached hydrogen (secondary N) is 2. The van der Waals surface area contributed by atoms with Crippen LogP contribution in [0, 0.1) is 16.7 Å². The third kappa shape index (κ3) is 5.05. The number of hydrogen-bond acceptors (Lipinski definition) is 7. The van der Waals surface area contributed by atoms with Crippen molar-refractivity contribution in [3.63, 3.8) is 0 Å². The van der Waals surface area contributed by atoms with E-state index in [0.717, 1.165) is 5.69 Å². The lowest BCUT2D eigenvalue weighted by molar-refractivity contribution is 0.0130. The molecule has 1 aromatic carbocycles. The van der Waals surface area contributed by atoms with Gasteiger partial charge in [-0.2, -0.15) is 10.5 Å². The number of carboxylic acid groups (broad SMARTS) is 1. The number of H-pyrrole nitrogens is 1. The number of likely N-dealkylation sites (tertiary alicyclic amines) is 1. The van der Waals surface area contributed by atoms with Gasteiger partial charge < -0.3 is 20.1 Å². The Hall–Kier alpha value is -3.61. The van der Waals surface area contributed by atoms with Crippen molar-refractivity contribution in [2.75, 3.05) is 11.9 Å². The van der Waals surface area contributed by atoms with Gasteiger partial charge in [0.2, 0.25) is 5.82 Å². The number of nitriles is 1. The molecular formula is C20H25N7O3. The number of tetrazole rings is 1. The van der Waals surface area contributed by atoms with Crippen molar-refractivity contribution >= 4 is 17.4 Å². The van der Waals surface area contributed by atoms with E-state index in [1.54, 1.807) is 0 Å². The second kappa shape index (κ2) is 8.82. The van der Waals surface area contributed by atoms with E-state index in [0.29, 0.717) is 25.1 Å². The van der Waals surface area contributed by atoms with Gasteiger partial charge in [-0.25, -0.2) is 4.79 Å². The molecular weight excluding hydrogens is 386 g/mol. The Kier molecular flexibility index (Phi) is 6.20. The Morgan fingerprint density at radius 3 is 2.90 bits per heavy atom. The molecule has 10 heteroatoms. The highest BCUT2D eigenvalue weighted by Gasteiger charge is 2.39. The van der Waals surface area contributed by atoms with Crippen LogP contribution < -0.4 is 10.1 Å². The lowest BCUT2D eigenvalue weighted by Crippen LogP contribution is -2.53. The van der Waals surface area contributed by atoms with Crippen molar-refractivity contribution in [2.24, 2.45) is 5.41 Å². The average Bonchev–Trinajstić information content (AvgIpc) is 3.22. The van der Waals surface area contributed by atoms with E-state index in [2.05, 4.69) is 25.9 Å². The third-order valence-corrected chi connectivity index (χ3v) is 5.03. The number of rotatable bonds is 5. The van der Waals surface area contributed by atoms with Gasteiger partial charge in [0.15, 0.2) is 0 Å². The first kappa shape index (κ1) is 21.1. The van der Waals surface area contributed by atoms with Gasteiger partial charge in [-0.15, -0.1) is 10.2 Å². The lowest BCUT2D eigenvalue weighted by Gasteiger charge is -2.44. The average molecular weight is 411 g/mol. The van der Waals surface area contributed by atoms with Gasteiger partial charge in [0.05, 0.1) is 0 Å². The number of aromatic amines is 1. The predicted molar refractivity (Wildman–Crippen MR) is 109 cm³/mol. The van der Waals surface area contributed by atoms with Gasteiger partial charge in [0.25, 0.3) is 0 Å². The van der Waals surface area contributed by atoms with E-state index >= 15 is 0 Å². The van der Waals surface area contributed by atoms with Gasteiger partial charge in [-0.1, -0.05) is 26.8 Å². The Labute approximate surface area is 174 Å². The van der Waals surface area contributed by atoms with Crippen LogP contribution in [0.15, 0.2) is 30.5 Å². The molecule has 2 unspecified atom stereocenters. The molecule has 1 aliphatic heterocycles. The van der Waals surface area contributed by atoms with E-state index in [-0.39, 0.29) is 29.0 Å². The fourth-order valence-electron chi connectivity index (χ4n) is 3.52. The molecule has 3 N–H and O–H groups in total. The Morgan fingerprint density at radius 1 is 1.47 bits per heavy atom. The molecule has 2 heterocycles. The minimum Gasteiger partial charge on any atom is -0.490 e. The molecule has 0 bridgehead atoms. The second-order valence-electron chi connectivity index (χ2n) is 8.20. The lowest BCUT2D eigenvalue weighted by atomic mass is 9.80. The second-order valence-corrected chi connectivity index (χ2v) is 8.20. The van der Waals surface area contributed by atoms with Gasteiger partial charge in [0, 0.05) is 43.4 Å². The number of benzene rings is 1. The molecule has 1 aromatic heterocycles. The van der Waals surface area contributed by atoms with Crippen LogP contribution in [0.25, 0.3) is 5.57 Å². The Morgan fingerprint density at radius 2 is 2.27 bits per heavy atom. The zero-order valence-corrected chi connectivity index (χ0v) is 17.2. The molecule has 1 amide bonds. The van der Waals surface area contributed by atoms with E-state index in [9.17, 15) is 15.2 Å². The molecule has 0 aliphatic carbocycles. The van der Waals surface area contributed by atoms with E-state index in [1.165, 1.54) is 11.1 Å². The summed E-state index contributed by atoms with van der Waals surface area (Å²) in [6.45, 7) is 6.58. The van der Waals surface area contributed by atoms with Crippen molar-refractivity contribution in [1.82, 2.24) is 25.5 Å². The largest absolute Gasteiger partial charge is 0.490 e. The van der Waals surface area contributed by atoms with Gasteiger partial charge in [-0.3, -0.25) is 0 Å². The maximum atomic E-state index is 11.6. The molecule has 2 aromatic rings. The standard InChI is InChI=1S/C20H25N7O3/c1-20(2,3)17-10-16(7-8-27(17)19(28)29)30-15-6-4-5-14(9-15)22-12-13(11-21)18-23-25-26-24-18/h4-6,9,12,16-17,22H,7-8,10H2,1-3H3,(H,28,29)(H,23,24,25,26). The summed E-state index contributed by atoms with van der Waals surface area (Å²) in [7, 11) is 0. The first-order valence-corrected chi connectivity index (χ1v) is 9.65. The highest BCUT2D eigenvalue weighted by Crippen LogP contribution is 2.34. The SMILES string of the molecule is CC(C)(C)C1CC(Oc2cccc(NC=C(C#N)c3nn[nH]n3)c2)CCN1C(=O)O. The molecule has 158 valence electrons. The fourth-order valence-corrected chi connectivity index (χ4v) is 3.52. The molecule has 0 spiro atoms. The summed E-state index contributed by atoms with van der Waals surface area (Å²) in [5, 5.41) is 35.1. The van der Waals surface area contributed by atoms with Crippen molar-refractivity contribution in [3.05, 3.63) is 36.3 Å². The van der Waals surface area contributed by atoms with Crippen LogP contribution in [0.4, 0.5) is 10.5 Å². The molecule has 0 saturated carbocycles. The molecule has 10 nitrogen and oxygen atoms in total. The zero-order chi connectivity index (χ0) is 21.7. The van der Waals surface area contributed by atoms with Gasteiger partial charge in [-0.05, 0) is 22.8 Å². The zero-order valence-electron chi connectivity index (χ0n) is 17.2. The topological polar surface area (TPSA) is 140 Å². The van der Waals surface area contributed by atoms with E-state index in [1.807, 2.05) is 51.1 Å². The van der Waals surface area contributed by atoms with Crippen LogP contribution in [0.1, 0.15) is 39.4 Å². The highest BCUT2D eigenvalue weighted by molar-refractivity contribution is 5.74. The Bertz CT molecular complexity index is 944. The predicted octanol–water partition coefficient (Wildman–Crippen LogP) is 3.11. The summed E-state index contributed by atoms with van der Waals surface area (Å²) in [5.74, 6) is 0.878. The summed E-state index contributed by atoms with van der Waals surface area (Å²) in [6.07, 6.45) is 1.80. The summed E-state index contributed by atoms with van der Waals surface area (Å²) in [6, 6.07) is 9.28. The first-order chi connectivity index (χ1) is 14.3. The van der Waals surface area contributed by atoms with Crippen LogP contribution in [-0.2, 0) is 0 Å². The maximum Gasteiger partial charge on any atom is 0.407 e. The smallest absolute Gasteiger partial charge is 0.407 e. The molecule has 3 rings (SSSR count). The van der Waals surface area contributed by atoms with Crippen molar-refractivity contribution in [3.8, 4) is 11.8 Å². The van der Waals surface area contributed by atoms with Crippen molar-refractivity contribution < 1.29 is 14.6 Å². The number of ether oxygens (including phenoxy) is 1. The van der Waals surface area contributed by atoms with Crippen LogP contribution >= 0.6 is 0 Å². The summed E-state index contributed by atoms with van der Waals surface area (Å²) < 4.78 is 6.17. The molecule has 0 radical (unpaired) electrons.